The van der Waals surface area contributed by atoms with E-state index in [-0.39, 0.29) is 0 Å². The van der Waals surface area contributed by atoms with Gasteiger partial charge in [-0.2, -0.15) is 26.3 Å². The average molecular weight is 333 g/mol. The van der Waals surface area contributed by atoms with E-state index in [1.807, 2.05) is 0 Å². The van der Waals surface area contributed by atoms with Crippen molar-refractivity contribution < 1.29 is 26.3 Å². The van der Waals surface area contributed by atoms with E-state index in [0.717, 1.165) is 24.3 Å². The molecular weight excluding hydrogens is 320 g/mol. The lowest BCUT2D eigenvalue weighted by molar-refractivity contribution is -0.138. The minimum absolute atomic E-state index is 0.500. The Hall–Kier alpha value is -2.02. The minimum atomic E-state index is -4.43. The van der Waals surface area contributed by atoms with Gasteiger partial charge in [-0.3, -0.25) is 0 Å². The zero-order valence-corrected chi connectivity index (χ0v) is 12.0. The van der Waals surface area contributed by atoms with Crippen LogP contribution in [0, 0.1) is 0 Å². The van der Waals surface area contributed by atoms with Gasteiger partial charge in [0.15, 0.2) is 0 Å². The number of benzene rings is 2. The fourth-order valence-electron chi connectivity index (χ4n) is 2.25. The van der Waals surface area contributed by atoms with Crippen molar-refractivity contribution in [2.75, 3.05) is 7.05 Å². The lowest BCUT2D eigenvalue weighted by atomic mass is 9.97. The van der Waals surface area contributed by atoms with Gasteiger partial charge in [0, 0.05) is 0 Å². The Morgan fingerprint density at radius 3 is 1.17 bits per heavy atom. The van der Waals surface area contributed by atoms with Crippen molar-refractivity contribution in [2.45, 2.75) is 18.4 Å². The SMILES string of the molecule is CNC(c1ccc(C(F)(F)F)cc1)c1ccc(C(F)(F)F)cc1. The van der Waals surface area contributed by atoms with Crippen LogP contribution in [0.5, 0.6) is 0 Å². The molecule has 0 aromatic heterocycles. The highest BCUT2D eigenvalue weighted by molar-refractivity contribution is 5.36. The Morgan fingerprint density at radius 1 is 0.652 bits per heavy atom. The fraction of sp³-hybridized carbons (Fsp3) is 0.250. The zero-order valence-electron chi connectivity index (χ0n) is 12.0. The Balaban J connectivity index is 2.29. The highest BCUT2D eigenvalue weighted by atomic mass is 19.4. The van der Waals surface area contributed by atoms with E-state index in [2.05, 4.69) is 5.32 Å². The molecule has 2 aromatic rings. The van der Waals surface area contributed by atoms with Gasteiger partial charge >= 0.3 is 12.4 Å². The summed E-state index contributed by atoms with van der Waals surface area (Å²) in [4.78, 5) is 0. The molecule has 0 atom stereocenters. The molecule has 0 bridgehead atoms. The third-order valence-electron chi connectivity index (χ3n) is 3.43. The van der Waals surface area contributed by atoms with Gasteiger partial charge in [0.2, 0.25) is 0 Å². The molecule has 0 aliphatic rings. The number of halogens is 6. The standard InChI is InChI=1S/C16H13F6N/c1-23-14(10-2-6-12(7-3-10)15(17,18)19)11-4-8-13(9-5-11)16(20,21)22/h2-9,14,23H,1H3. The van der Waals surface area contributed by atoms with Gasteiger partial charge in [-0.05, 0) is 42.4 Å². The van der Waals surface area contributed by atoms with Crippen LogP contribution in [0.1, 0.15) is 28.3 Å². The van der Waals surface area contributed by atoms with Crippen molar-refractivity contribution in [1.82, 2.24) is 5.32 Å². The van der Waals surface area contributed by atoms with E-state index in [4.69, 9.17) is 0 Å². The van der Waals surface area contributed by atoms with E-state index >= 15 is 0 Å². The third kappa shape index (κ3) is 4.04. The van der Waals surface area contributed by atoms with Gasteiger partial charge in [0.1, 0.15) is 0 Å². The predicted molar refractivity (Wildman–Crippen MR) is 73.8 cm³/mol. The number of nitrogens with one attached hydrogen (secondary N) is 1. The molecule has 0 radical (unpaired) electrons. The summed E-state index contributed by atoms with van der Waals surface area (Å²) < 4.78 is 75.4. The summed E-state index contributed by atoms with van der Waals surface area (Å²) in [6.07, 6.45) is -8.86. The van der Waals surface area contributed by atoms with Crippen molar-refractivity contribution in [2.24, 2.45) is 0 Å². The van der Waals surface area contributed by atoms with Crippen LogP contribution in [-0.2, 0) is 12.4 Å². The van der Waals surface area contributed by atoms with Gasteiger partial charge in [-0.1, -0.05) is 24.3 Å². The Morgan fingerprint density at radius 2 is 0.957 bits per heavy atom. The second-order valence-electron chi connectivity index (χ2n) is 4.96. The molecule has 0 aliphatic carbocycles. The van der Waals surface area contributed by atoms with Gasteiger partial charge in [0.05, 0.1) is 17.2 Å². The first-order chi connectivity index (χ1) is 10.6. The smallest absolute Gasteiger partial charge is 0.309 e. The summed E-state index contributed by atoms with van der Waals surface area (Å²) in [5, 5.41) is 2.89. The molecular formula is C16H13F6N. The Bertz CT molecular complexity index is 583. The maximum absolute atomic E-state index is 12.6. The molecule has 23 heavy (non-hydrogen) atoms. The van der Waals surface area contributed by atoms with Gasteiger partial charge in [0.25, 0.3) is 0 Å². The Labute approximate surface area is 128 Å². The van der Waals surface area contributed by atoms with E-state index < -0.39 is 29.5 Å². The number of alkyl halides is 6. The molecule has 0 saturated heterocycles. The van der Waals surface area contributed by atoms with E-state index in [9.17, 15) is 26.3 Å². The lowest BCUT2D eigenvalue weighted by Crippen LogP contribution is -2.18. The van der Waals surface area contributed by atoms with Crippen LogP contribution in [0.15, 0.2) is 48.5 Å². The summed E-state index contributed by atoms with van der Waals surface area (Å²) >= 11 is 0. The minimum Gasteiger partial charge on any atom is -0.309 e. The molecule has 7 heteroatoms. The summed E-state index contributed by atoms with van der Waals surface area (Å²) in [6, 6.07) is 8.52. The Kier molecular flexibility index (Phi) is 4.70. The van der Waals surface area contributed by atoms with Crippen LogP contribution < -0.4 is 5.32 Å². The number of rotatable bonds is 3. The highest BCUT2D eigenvalue weighted by Crippen LogP contribution is 2.33. The van der Waals surface area contributed by atoms with E-state index in [0.29, 0.717) is 11.1 Å². The summed E-state index contributed by atoms with van der Waals surface area (Å²) in [5.41, 5.74) is -0.493. The first-order valence-corrected chi connectivity index (χ1v) is 6.64. The monoisotopic (exact) mass is 333 g/mol. The van der Waals surface area contributed by atoms with Crippen molar-refractivity contribution in [1.29, 1.82) is 0 Å². The molecule has 0 saturated carbocycles. The molecule has 1 N–H and O–H groups in total. The summed E-state index contributed by atoms with van der Waals surface area (Å²) in [7, 11) is 1.58. The molecule has 1 nitrogen and oxygen atoms in total. The van der Waals surface area contributed by atoms with Crippen molar-refractivity contribution >= 4 is 0 Å². The zero-order chi connectivity index (χ0) is 17.3. The van der Waals surface area contributed by atoms with Gasteiger partial charge < -0.3 is 5.32 Å². The van der Waals surface area contributed by atoms with Crippen molar-refractivity contribution in [3.8, 4) is 0 Å². The predicted octanol–water partition coefficient (Wildman–Crippen LogP) is 5.03. The number of hydrogen-bond acceptors (Lipinski definition) is 1. The van der Waals surface area contributed by atoms with Crippen LogP contribution in [0.4, 0.5) is 26.3 Å². The van der Waals surface area contributed by atoms with Crippen LogP contribution in [0.3, 0.4) is 0 Å². The molecule has 2 rings (SSSR count). The number of hydrogen-bond donors (Lipinski definition) is 1. The molecule has 2 aromatic carbocycles. The van der Waals surface area contributed by atoms with E-state index in [1.165, 1.54) is 24.3 Å². The summed E-state index contributed by atoms with van der Waals surface area (Å²) in [6.45, 7) is 0. The molecule has 0 aliphatic heterocycles. The normalized spacial score (nSPS) is 12.7. The topological polar surface area (TPSA) is 12.0 Å². The maximum atomic E-state index is 12.6. The second kappa shape index (κ2) is 6.23. The van der Waals surface area contributed by atoms with Crippen molar-refractivity contribution in [3.63, 3.8) is 0 Å². The van der Waals surface area contributed by atoms with Crippen LogP contribution >= 0.6 is 0 Å². The second-order valence-corrected chi connectivity index (χ2v) is 4.96. The first kappa shape index (κ1) is 17.3. The molecule has 0 unspecified atom stereocenters. The lowest BCUT2D eigenvalue weighted by Gasteiger charge is -2.19. The summed E-state index contributed by atoms with van der Waals surface area (Å²) in [5.74, 6) is 0. The average Bonchev–Trinajstić information content (AvgIpc) is 2.47. The highest BCUT2D eigenvalue weighted by Gasteiger charge is 2.31. The fourth-order valence-corrected chi connectivity index (χ4v) is 2.25. The van der Waals surface area contributed by atoms with Gasteiger partial charge in [-0.25, -0.2) is 0 Å². The quantitative estimate of drug-likeness (QED) is 0.777. The van der Waals surface area contributed by atoms with Crippen LogP contribution in [0.2, 0.25) is 0 Å². The van der Waals surface area contributed by atoms with Crippen LogP contribution in [-0.4, -0.2) is 7.05 Å². The molecule has 0 amide bonds. The third-order valence-corrected chi connectivity index (χ3v) is 3.43. The van der Waals surface area contributed by atoms with Crippen LogP contribution in [0.25, 0.3) is 0 Å². The maximum Gasteiger partial charge on any atom is 0.416 e. The molecule has 0 heterocycles. The van der Waals surface area contributed by atoms with Gasteiger partial charge in [-0.15, -0.1) is 0 Å². The molecule has 0 fully saturated rings. The molecule has 124 valence electrons. The van der Waals surface area contributed by atoms with E-state index in [1.54, 1.807) is 7.05 Å². The molecule has 0 spiro atoms. The largest absolute Gasteiger partial charge is 0.416 e. The first-order valence-electron chi connectivity index (χ1n) is 6.64. The van der Waals surface area contributed by atoms with Crippen molar-refractivity contribution in [3.05, 3.63) is 70.8 Å².